The van der Waals surface area contributed by atoms with Gasteiger partial charge in [-0.05, 0) is 39.5 Å². The number of piperidine rings is 1. The number of carboxylic acid groups (broad SMARTS) is 1. The quantitative estimate of drug-likeness (QED) is 0.799. The number of rotatable bonds is 5. The third-order valence-electron chi connectivity index (χ3n) is 4.29. The van der Waals surface area contributed by atoms with Gasteiger partial charge in [0.15, 0.2) is 0 Å². The highest BCUT2D eigenvalue weighted by Crippen LogP contribution is 2.20. The Labute approximate surface area is 143 Å². The van der Waals surface area contributed by atoms with Gasteiger partial charge in [0.05, 0.1) is 0 Å². The zero-order chi connectivity index (χ0) is 18.5. The topological polar surface area (TPSA) is 95.9 Å². The first-order valence-electron chi connectivity index (χ1n) is 8.56. The summed E-state index contributed by atoms with van der Waals surface area (Å²) in [5, 5.41) is 11.9. The highest BCUT2D eigenvalue weighted by atomic mass is 16.6. The van der Waals surface area contributed by atoms with Crippen LogP contribution in [0.15, 0.2) is 0 Å². The zero-order valence-electron chi connectivity index (χ0n) is 15.3. The number of nitrogens with zero attached hydrogens (tertiary/aromatic N) is 1. The molecule has 24 heavy (non-hydrogen) atoms. The summed E-state index contributed by atoms with van der Waals surface area (Å²) in [4.78, 5) is 37.2. The molecular formula is C17H30N2O5. The Bertz CT molecular complexity index is 464. The molecule has 0 saturated carbocycles. The van der Waals surface area contributed by atoms with Crippen molar-refractivity contribution in [3.8, 4) is 0 Å². The molecule has 0 radical (unpaired) electrons. The number of hydrogen-bond donors (Lipinski definition) is 2. The average Bonchev–Trinajstić information content (AvgIpc) is 2.49. The smallest absolute Gasteiger partial charge is 0.410 e. The fourth-order valence-electron chi connectivity index (χ4n) is 2.60. The Hall–Kier alpha value is -1.79. The van der Waals surface area contributed by atoms with Crippen LogP contribution in [0.3, 0.4) is 0 Å². The third kappa shape index (κ3) is 6.02. The second-order valence-electron chi connectivity index (χ2n) is 7.45. The summed E-state index contributed by atoms with van der Waals surface area (Å²) in [5.74, 6) is -1.65. The molecular weight excluding hydrogens is 312 g/mol. The van der Waals surface area contributed by atoms with Crippen molar-refractivity contribution in [1.29, 1.82) is 0 Å². The maximum atomic E-state index is 12.3. The minimum absolute atomic E-state index is 0.131. The molecule has 0 spiro atoms. The molecule has 1 saturated heterocycles. The fourth-order valence-corrected chi connectivity index (χ4v) is 2.60. The number of carboxylic acids is 1. The van der Waals surface area contributed by atoms with Gasteiger partial charge in [-0.2, -0.15) is 0 Å². The molecule has 1 fully saturated rings. The lowest BCUT2D eigenvalue weighted by Crippen LogP contribution is -2.50. The number of amides is 2. The van der Waals surface area contributed by atoms with E-state index in [-0.39, 0.29) is 23.8 Å². The second-order valence-corrected chi connectivity index (χ2v) is 7.45. The maximum absolute atomic E-state index is 12.3. The van der Waals surface area contributed by atoms with Crippen LogP contribution in [0.25, 0.3) is 0 Å². The molecule has 2 atom stereocenters. The molecule has 1 rings (SSSR count). The molecule has 7 nitrogen and oxygen atoms in total. The number of hydrogen-bond acceptors (Lipinski definition) is 4. The molecule has 0 aromatic rings. The standard InChI is InChI=1S/C17H30N2O5/c1-6-11(2)13(15(21)22)18-14(20)12-7-9-19(10-8-12)16(23)24-17(3,4)5/h11-13H,6-10H2,1-5H3,(H,18,20)(H,21,22)/t11-,13+/m1/s1. The first-order valence-corrected chi connectivity index (χ1v) is 8.56. The van der Waals surface area contributed by atoms with E-state index in [0.717, 1.165) is 0 Å². The lowest BCUT2D eigenvalue weighted by molar-refractivity contribution is -0.144. The van der Waals surface area contributed by atoms with Crippen LogP contribution in [-0.2, 0) is 14.3 Å². The van der Waals surface area contributed by atoms with E-state index in [9.17, 15) is 19.5 Å². The summed E-state index contributed by atoms with van der Waals surface area (Å²) in [6, 6.07) is -0.869. The van der Waals surface area contributed by atoms with Crippen LogP contribution in [0.4, 0.5) is 4.79 Å². The van der Waals surface area contributed by atoms with Crippen LogP contribution in [0.1, 0.15) is 53.9 Å². The summed E-state index contributed by atoms with van der Waals surface area (Å²) < 4.78 is 5.32. The lowest BCUT2D eigenvalue weighted by atomic mass is 9.94. The monoisotopic (exact) mass is 342 g/mol. The summed E-state index contributed by atoms with van der Waals surface area (Å²) in [5.41, 5.74) is -0.545. The molecule has 138 valence electrons. The van der Waals surface area contributed by atoms with Crippen molar-refractivity contribution in [1.82, 2.24) is 10.2 Å². The minimum atomic E-state index is -1.01. The number of likely N-dealkylation sites (tertiary alicyclic amines) is 1. The van der Waals surface area contributed by atoms with E-state index < -0.39 is 17.6 Å². The van der Waals surface area contributed by atoms with Crippen LogP contribution in [-0.4, -0.2) is 52.7 Å². The van der Waals surface area contributed by atoms with Gasteiger partial charge in [0, 0.05) is 19.0 Å². The van der Waals surface area contributed by atoms with Gasteiger partial charge in [-0.15, -0.1) is 0 Å². The van der Waals surface area contributed by atoms with Crippen LogP contribution < -0.4 is 5.32 Å². The minimum Gasteiger partial charge on any atom is -0.480 e. The summed E-state index contributed by atoms with van der Waals surface area (Å²) in [6.07, 6.45) is 1.33. The SMILES string of the molecule is CC[C@@H](C)[C@H](NC(=O)C1CCN(C(=O)OC(C)(C)C)CC1)C(=O)O. The van der Waals surface area contributed by atoms with Crippen molar-refractivity contribution in [3.05, 3.63) is 0 Å². The highest BCUT2D eigenvalue weighted by molar-refractivity contribution is 5.85. The Morgan fingerprint density at radius 2 is 1.79 bits per heavy atom. The van der Waals surface area contributed by atoms with E-state index in [0.29, 0.717) is 32.4 Å². The van der Waals surface area contributed by atoms with E-state index in [1.54, 1.807) is 4.90 Å². The molecule has 1 aliphatic rings. The molecule has 1 aliphatic heterocycles. The number of ether oxygens (including phenoxy) is 1. The normalized spacial score (nSPS) is 18.6. The van der Waals surface area contributed by atoms with Crippen molar-refractivity contribution in [2.75, 3.05) is 13.1 Å². The van der Waals surface area contributed by atoms with Crippen molar-refractivity contribution in [2.24, 2.45) is 11.8 Å². The van der Waals surface area contributed by atoms with Crippen molar-refractivity contribution >= 4 is 18.0 Å². The van der Waals surface area contributed by atoms with Gasteiger partial charge in [0.25, 0.3) is 0 Å². The Balaban J connectivity index is 2.53. The van der Waals surface area contributed by atoms with Crippen molar-refractivity contribution < 1.29 is 24.2 Å². The molecule has 0 aliphatic carbocycles. The third-order valence-corrected chi connectivity index (χ3v) is 4.29. The van der Waals surface area contributed by atoms with Gasteiger partial charge < -0.3 is 20.1 Å². The lowest BCUT2D eigenvalue weighted by Gasteiger charge is -2.33. The fraction of sp³-hybridized carbons (Fsp3) is 0.824. The molecule has 0 unspecified atom stereocenters. The van der Waals surface area contributed by atoms with E-state index >= 15 is 0 Å². The molecule has 0 aromatic carbocycles. The molecule has 7 heteroatoms. The summed E-state index contributed by atoms with van der Waals surface area (Å²) in [7, 11) is 0. The summed E-state index contributed by atoms with van der Waals surface area (Å²) >= 11 is 0. The van der Waals surface area contributed by atoms with Crippen molar-refractivity contribution in [3.63, 3.8) is 0 Å². The van der Waals surface area contributed by atoms with Crippen LogP contribution in [0, 0.1) is 11.8 Å². The van der Waals surface area contributed by atoms with Gasteiger partial charge in [-0.25, -0.2) is 9.59 Å². The molecule has 0 bridgehead atoms. The van der Waals surface area contributed by atoms with Crippen molar-refractivity contribution in [2.45, 2.75) is 65.5 Å². The Morgan fingerprint density at radius 3 is 2.21 bits per heavy atom. The number of nitrogens with one attached hydrogen (secondary N) is 1. The maximum Gasteiger partial charge on any atom is 0.410 e. The predicted molar refractivity (Wildman–Crippen MR) is 89.6 cm³/mol. The van der Waals surface area contributed by atoms with E-state index in [4.69, 9.17) is 4.74 Å². The molecule has 0 aromatic heterocycles. The second kappa shape index (κ2) is 8.35. The number of carbonyl (C=O) groups is 3. The largest absolute Gasteiger partial charge is 0.480 e. The first kappa shape index (κ1) is 20.3. The van der Waals surface area contributed by atoms with Gasteiger partial charge in [0.2, 0.25) is 5.91 Å². The zero-order valence-corrected chi connectivity index (χ0v) is 15.3. The highest BCUT2D eigenvalue weighted by Gasteiger charge is 2.32. The van der Waals surface area contributed by atoms with E-state index in [1.165, 1.54) is 0 Å². The first-order chi connectivity index (χ1) is 11.0. The van der Waals surface area contributed by atoms with Crippen LogP contribution >= 0.6 is 0 Å². The summed E-state index contributed by atoms with van der Waals surface area (Å²) in [6.45, 7) is 10.0. The van der Waals surface area contributed by atoms with Crippen LogP contribution in [0.2, 0.25) is 0 Å². The van der Waals surface area contributed by atoms with E-state index in [1.807, 2.05) is 34.6 Å². The molecule has 1 heterocycles. The molecule has 2 N–H and O–H groups in total. The molecule has 2 amide bonds. The van der Waals surface area contributed by atoms with E-state index in [2.05, 4.69) is 5.32 Å². The van der Waals surface area contributed by atoms with Gasteiger partial charge in [0.1, 0.15) is 11.6 Å². The van der Waals surface area contributed by atoms with Crippen LogP contribution in [0.5, 0.6) is 0 Å². The predicted octanol–water partition coefficient (Wildman–Crippen LogP) is 2.25. The number of carbonyl (C=O) groups excluding carboxylic acids is 2. The van der Waals surface area contributed by atoms with Gasteiger partial charge in [-0.3, -0.25) is 4.79 Å². The average molecular weight is 342 g/mol. The van der Waals surface area contributed by atoms with Gasteiger partial charge in [-0.1, -0.05) is 20.3 Å². The number of aliphatic carboxylic acids is 1. The van der Waals surface area contributed by atoms with Gasteiger partial charge >= 0.3 is 12.1 Å². The Morgan fingerprint density at radius 1 is 1.25 bits per heavy atom. The Kier molecular flexibility index (Phi) is 7.05.